The van der Waals surface area contributed by atoms with Gasteiger partial charge < -0.3 is 10.3 Å². The zero-order valence-electron chi connectivity index (χ0n) is 8.73. The van der Waals surface area contributed by atoms with Gasteiger partial charge in [0.25, 0.3) is 0 Å². The fraction of sp³-hybridized carbons (Fsp3) is 0.800. The van der Waals surface area contributed by atoms with Gasteiger partial charge in [0, 0.05) is 17.9 Å². The first-order valence-corrected chi connectivity index (χ1v) is 5.27. The Morgan fingerprint density at radius 1 is 1.43 bits per heavy atom. The topological polar surface area (TPSA) is 64.9 Å². The van der Waals surface area contributed by atoms with Crippen molar-refractivity contribution >= 4 is 0 Å². The maximum absolute atomic E-state index is 5.97. The smallest absolute Gasteiger partial charge is 0.229 e. The zero-order valence-corrected chi connectivity index (χ0v) is 8.73. The molecule has 0 radical (unpaired) electrons. The number of hydrogen-bond donors (Lipinski definition) is 1. The number of hydrogen-bond acceptors (Lipinski definition) is 4. The summed E-state index contributed by atoms with van der Waals surface area (Å²) in [7, 11) is 0. The Morgan fingerprint density at radius 2 is 2.21 bits per heavy atom. The second-order valence-electron chi connectivity index (χ2n) is 4.35. The quantitative estimate of drug-likeness (QED) is 0.781. The molecular weight excluding hydrogens is 178 g/mol. The first kappa shape index (κ1) is 9.65. The highest BCUT2D eigenvalue weighted by Gasteiger charge is 2.29. The minimum absolute atomic E-state index is 0.215. The molecule has 2 atom stereocenters. The minimum atomic E-state index is 0.215. The average Bonchev–Trinajstić information content (AvgIpc) is 2.71. The first-order chi connectivity index (χ1) is 6.68. The highest BCUT2D eigenvalue weighted by Crippen LogP contribution is 2.32. The van der Waals surface area contributed by atoms with Gasteiger partial charge in [-0.05, 0) is 12.8 Å². The van der Waals surface area contributed by atoms with E-state index in [1.165, 1.54) is 6.42 Å². The number of nitrogens with zero attached hydrogens (tertiary/aromatic N) is 2. The molecule has 4 heteroatoms. The summed E-state index contributed by atoms with van der Waals surface area (Å²) in [6, 6.07) is 0.215. The van der Waals surface area contributed by atoms with Gasteiger partial charge in [-0.2, -0.15) is 4.98 Å². The van der Waals surface area contributed by atoms with Crippen molar-refractivity contribution in [2.24, 2.45) is 5.73 Å². The fourth-order valence-corrected chi connectivity index (χ4v) is 1.94. The van der Waals surface area contributed by atoms with E-state index in [9.17, 15) is 0 Å². The molecule has 1 aromatic heterocycles. The van der Waals surface area contributed by atoms with Gasteiger partial charge in [-0.3, -0.25) is 0 Å². The van der Waals surface area contributed by atoms with E-state index in [-0.39, 0.29) is 6.04 Å². The highest BCUT2D eigenvalue weighted by atomic mass is 16.5. The van der Waals surface area contributed by atoms with E-state index in [0.29, 0.717) is 11.8 Å². The molecule has 1 saturated carbocycles. The van der Waals surface area contributed by atoms with Crippen LogP contribution in [-0.2, 0) is 0 Å². The monoisotopic (exact) mass is 195 g/mol. The molecule has 2 rings (SSSR count). The molecule has 0 spiro atoms. The lowest BCUT2D eigenvalue weighted by atomic mass is 10.0. The summed E-state index contributed by atoms with van der Waals surface area (Å²) >= 11 is 0. The van der Waals surface area contributed by atoms with Gasteiger partial charge in [0.1, 0.15) is 0 Å². The van der Waals surface area contributed by atoms with Crippen molar-refractivity contribution < 1.29 is 4.52 Å². The molecule has 4 nitrogen and oxygen atoms in total. The van der Waals surface area contributed by atoms with Crippen LogP contribution >= 0.6 is 0 Å². The Hall–Kier alpha value is -0.900. The molecule has 1 fully saturated rings. The summed E-state index contributed by atoms with van der Waals surface area (Å²) in [5, 5.41) is 4.00. The second-order valence-corrected chi connectivity index (χ2v) is 4.35. The van der Waals surface area contributed by atoms with Gasteiger partial charge >= 0.3 is 0 Å². The maximum Gasteiger partial charge on any atom is 0.229 e. The molecule has 0 saturated heterocycles. The number of nitrogens with two attached hydrogens (primary N) is 1. The van der Waals surface area contributed by atoms with E-state index in [1.54, 1.807) is 0 Å². The second kappa shape index (κ2) is 3.69. The molecule has 78 valence electrons. The van der Waals surface area contributed by atoms with Crippen LogP contribution in [0.15, 0.2) is 4.52 Å². The van der Waals surface area contributed by atoms with Crippen LogP contribution in [-0.4, -0.2) is 16.2 Å². The number of aromatic nitrogens is 2. The van der Waals surface area contributed by atoms with Crippen LogP contribution in [0.2, 0.25) is 0 Å². The van der Waals surface area contributed by atoms with E-state index in [2.05, 4.69) is 10.1 Å². The van der Waals surface area contributed by atoms with Crippen molar-refractivity contribution in [2.75, 3.05) is 0 Å². The molecule has 1 heterocycles. The summed E-state index contributed by atoms with van der Waals surface area (Å²) in [4.78, 5) is 4.38. The molecular formula is C10H17N3O. The van der Waals surface area contributed by atoms with Crippen LogP contribution in [0.5, 0.6) is 0 Å². The molecule has 0 amide bonds. The van der Waals surface area contributed by atoms with Crippen molar-refractivity contribution in [1.29, 1.82) is 0 Å². The third-order valence-electron chi connectivity index (χ3n) is 2.85. The molecule has 1 aliphatic rings. The Kier molecular flexibility index (Phi) is 2.54. The van der Waals surface area contributed by atoms with E-state index in [1.807, 2.05) is 13.8 Å². The summed E-state index contributed by atoms with van der Waals surface area (Å²) in [6.45, 7) is 4.09. The van der Waals surface area contributed by atoms with Crippen LogP contribution in [0.25, 0.3) is 0 Å². The Morgan fingerprint density at radius 3 is 2.71 bits per heavy atom. The van der Waals surface area contributed by atoms with Crippen LogP contribution in [0.3, 0.4) is 0 Å². The predicted octanol–water partition coefficient (Wildman–Crippen LogP) is 1.79. The van der Waals surface area contributed by atoms with Crippen molar-refractivity contribution in [2.45, 2.75) is 51.0 Å². The molecule has 1 aromatic rings. The maximum atomic E-state index is 5.97. The SMILES string of the molecule is CC(C)c1nc(C2CCCC2N)no1. The van der Waals surface area contributed by atoms with Crippen molar-refractivity contribution in [3.05, 3.63) is 11.7 Å². The van der Waals surface area contributed by atoms with Crippen LogP contribution in [0.1, 0.15) is 56.7 Å². The Balaban J connectivity index is 2.16. The highest BCUT2D eigenvalue weighted by molar-refractivity contribution is 5.04. The third kappa shape index (κ3) is 1.66. The lowest BCUT2D eigenvalue weighted by Crippen LogP contribution is -2.23. The van der Waals surface area contributed by atoms with Gasteiger partial charge in [-0.15, -0.1) is 0 Å². The molecule has 0 aliphatic heterocycles. The molecule has 2 N–H and O–H groups in total. The lowest BCUT2D eigenvalue weighted by molar-refractivity contribution is 0.356. The van der Waals surface area contributed by atoms with Crippen LogP contribution in [0.4, 0.5) is 0 Å². The molecule has 2 unspecified atom stereocenters. The van der Waals surface area contributed by atoms with Crippen LogP contribution < -0.4 is 5.73 Å². The van der Waals surface area contributed by atoms with E-state index in [0.717, 1.165) is 24.6 Å². The lowest BCUT2D eigenvalue weighted by Gasteiger charge is -2.09. The number of rotatable bonds is 2. The molecule has 1 aliphatic carbocycles. The van der Waals surface area contributed by atoms with E-state index < -0.39 is 0 Å². The predicted molar refractivity (Wildman–Crippen MR) is 53.0 cm³/mol. The summed E-state index contributed by atoms with van der Waals surface area (Å²) < 4.78 is 5.17. The largest absolute Gasteiger partial charge is 0.339 e. The fourth-order valence-electron chi connectivity index (χ4n) is 1.94. The Labute approximate surface area is 83.9 Å². The van der Waals surface area contributed by atoms with Crippen molar-refractivity contribution in [1.82, 2.24) is 10.1 Å². The third-order valence-corrected chi connectivity index (χ3v) is 2.85. The van der Waals surface area contributed by atoms with E-state index in [4.69, 9.17) is 10.3 Å². The van der Waals surface area contributed by atoms with Gasteiger partial charge in [0.05, 0.1) is 0 Å². The van der Waals surface area contributed by atoms with E-state index >= 15 is 0 Å². The van der Waals surface area contributed by atoms with Crippen LogP contribution in [0, 0.1) is 0 Å². The van der Waals surface area contributed by atoms with Gasteiger partial charge in [-0.1, -0.05) is 25.4 Å². The first-order valence-electron chi connectivity index (χ1n) is 5.27. The zero-order chi connectivity index (χ0) is 10.1. The summed E-state index contributed by atoms with van der Waals surface area (Å²) in [6.07, 6.45) is 3.35. The molecule has 0 aromatic carbocycles. The Bertz CT molecular complexity index is 308. The minimum Gasteiger partial charge on any atom is -0.339 e. The normalized spacial score (nSPS) is 27.4. The summed E-state index contributed by atoms with van der Waals surface area (Å²) in [5.41, 5.74) is 5.97. The molecule has 0 bridgehead atoms. The summed E-state index contributed by atoms with van der Waals surface area (Å²) in [5.74, 6) is 2.14. The molecule has 14 heavy (non-hydrogen) atoms. The van der Waals surface area contributed by atoms with Gasteiger partial charge in [0.2, 0.25) is 5.89 Å². The van der Waals surface area contributed by atoms with Crippen molar-refractivity contribution in [3.8, 4) is 0 Å². The van der Waals surface area contributed by atoms with Crippen molar-refractivity contribution in [3.63, 3.8) is 0 Å². The standard InChI is InChI=1S/C10H17N3O/c1-6(2)10-12-9(13-14-10)7-4-3-5-8(7)11/h6-8H,3-5,11H2,1-2H3. The average molecular weight is 195 g/mol. The van der Waals surface area contributed by atoms with Gasteiger partial charge in [0.15, 0.2) is 5.82 Å². The van der Waals surface area contributed by atoms with Gasteiger partial charge in [-0.25, -0.2) is 0 Å².